The third kappa shape index (κ3) is 5.61. The molecule has 1 saturated carbocycles. The molecule has 3 fully saturated rings. The predicted molar refractivity (Wildman–Crippen MR) is 121 cm³/mol. The number of nitrogens with two attached hydrogens (primary N) is 1. The second kappa shape index (κ2) is 10.3. The predicted octanol–water partition coefficient (Wildman–Crippen LogP) is 3.33. The Morgan fingerprint density at radius 2 is 1.97 bits per heavy atom. The van der Waals surface area contributed by atoms with Gasteiger partial charge in [0.15, 0.2) is 0 Å². The molecule has 0 bridgehead atoms. The van der Waals surface area contributed by atoms with Gasteiger partial charge in [0.2, 0.25) is 0 Å². The van der Waals surface area contributed by atoms with E-state index in [2.05, 4.69) is 26.8 Å². The highest BCUT2D eigenvalue weighted by atomic mass is 16.6. The number of unbranched alkanes of at least 4 members (excludes halogenated alkanes) is 1. The van der Waals surface area contributed by atoms with Crippen LogP contribution < -0.4 is 5.73 Å². The number of ketones is 1. The van der Waals surface area contributed by atoms with E-state index in [0.29, 0.717) is 26.0 Å². The quantitative estimate of drug-likeness (QED) is 0.210. The van der Waals surface area contributed by atoms with Crippen molar-refractivity contribution in [3.8, 4) is 0 Å². The third-order valence-electron chi connectivity index (χ3n) is 7.51. The van der Waals surface area contributed by atoms with Crippen molar-refractivity contribution in [2.24, 2.45) is 17.6 Å². The Morgan fingerprint density at radius 1 is 1.25 bits per heavy atom. The highest BCUT2D eigenvalue weighted by molar-refractivity contribution is 5.83. The molecule has 7 heteroatoms. The first-order valence-electron chi connectivity index (χ1n) is 12.0. The second-order valence-electron chi connectivity index (χ2n) is 10.2. The summed E-state index contributed by atoms with van der Waals surface area (Å²) in [4.78, 5) is 24.8. The number of hydrogen-bond donors (Lipinski definition) is 1. The van der Waals surface area contributed by atoms with Gasteiger partial charge in [-0.05, 0) is 66.3 Å². The summed E-state index contributed by atoms with van der Waals surface area (Å²) in [5.41, 5.74) is 6.21. The first-order valence-corrected chi connectivity index (χ1v) is 12.0. The maximum Gasteiger partial charge on any atom is 0.306 e. The SMILES string of the molecule is COC1C(OC(=O)C[C@H](CCCCN)C(C)=O)CC[C@]2(CO2)C1[C@]1(C)O[C@@H]1CC=C(C)C. The van der Waals surface area contributed by atoms with Crippen molar-refractivity contribution in [2.45, 2.75) is 102 Å². The van der Waals surface area contributed by atoms with E-state index < -0.39 is 0 Å². The zero-order valence-corrected chi connectivity index (χ0v) is 20.4. The molecule has 2 saturated heterocycles. The standard InChI is InChI=1S/C25H41NO6/c1-16(2)9-10-20-24(4,32-20)23-22(29-5)19(11-12-25(23)15-30-25)31-21(28)14-18(17(3)27)8-6-7-13-26/h9,18-20,22-23H,6-8,10-15,26H2,1-5H3/t18-,19?,20+,22?,23?,24+,25-/m0/s1. The van der Waals surface area contributed by atoms with Gasteiger partial charge in [0.25, 0.3) is 0 Å². The lowest BCUT2D eigenvalue weighted by atomic mass is 9.68. The van der Waals surface area contributed by atoms with Crippen LogP contribution in [0.5, 0.6) is 0 Å². The van der Waals surface area contributed by atoms with Crippen LogP contribution in [-0.2, 0) is 28.5 Å². The molecule has 7 atom stereocenters. The van der Waals surface area contributed by atoms with Gasteiger partial charge >= 0.3 is 5.97 Å². The molecule has 1 aliphatic carbocycles. The number of Topliss-reactive ketones (excluding diaryl/α,β-unsaturated/α-hetero) is 1. The minimum Gasteiger partial charge on any atom is -0.460 e. The van der Waals surface area contributed by atoms with E-state index in [4.69, 9.17) is 24.7 Å². The van der Waals surface area contributed by atoms with E-state index in [1.807, 2.05) is 0 Å². The Labute approximate surface area is 192 Å². The maximum atomic E-state index is 12.8. The minimum atomic E-state index is -0.367. The van der Waals surface area contributed by atoms with E-state index in [9.17, 15) is 9.59 Å². The van der Waals surface area contributed by atoms with Crippen LogP contribution in [-0.4, -0.2) is 61.5 Å². The topological polar surface area (TPSA) is 104 Å². The highest BCUT2D eigenvalue weighted by Crippen LogP contribution is 2.59. The fourth-order valence-corrected chi connectivity index (χ4v) is 5.47. The Morgan fingerprint density at radius 3 is 2.53 bits per heavy atom. The largest absolute Gasteiger partial charge is 0.460 e. The molecule has 3 unspecified atom stereocenters. The number of methoxy groups -OCH3 is 1. The summed E-state index contributed by atoms with van der Waals surface area (Å²) in [6.07, 6.45) is 6.46. The van der Waals surface area contributed by atoms with Crippen molar-refractivity contribution < 1.29 is 28.5 Å². The molecule has 0 aromatic carbocycles. The molecule has 182 valence electrons. The molecule has 0 aromatic heterocycles. The lowest BCUT2D eigenvalue weighted by Gasteiger charge is -2.42. The van der Waals surface area contributed by atoms with Gasteiger partial charge in [0, 0.05) is 13.0 Å². The van der Waals surface area contributed by atoms with Gasteiger partial charge in [-0.2, -0.15) is 0 Å². The van der Waals surface area contributed by atoms with Crippen LogP contribution >= 0.6 is 0 Å². The summed E-state index contributed by atoms with van der Waals surface area (Å²) in [5, 5.41) is 0. The number of rotatable bonds is 12. The molecule has 32 heavy (non-hydrogen) atoms. The van der Waals surface area contributed by atoms with Crippen LogP contribution in [0.2, 0.25) is 0 Å². The van der Waals surface area contributed by atoms with Gasteiger partial charge < -0.3 is 24.7 Å². The van der Waals surface area contributed by atoms with Crippen molar-refractivity contribution in [1.29, 1.82) is 0 Å². The normalized spacial score (nSPS) is 36.4. The number of carbonyl (C=O) groups excluding carboxylic acids is 2. The van der Waals surface area contributed by atoms with Crippen LogP contribution in [0.15, 0.2) is 11.6 Å². The molecule has 2 heterocycles. The molecule has 0 amide bonds. The van der Waals surface area contributed by atoms with Crippen molar-refractivity contribution in [1.82, 2.24) is 0 Å². The van der Waals surface area contributed by atoms with E-state index in [1.54, 1.807) is 14.0 Å². The molecule has 3 aliphatic rings. The molecule has 0 radical (unpaired) electrons. The number of allylic oxidation sites excluding steroid dienone is 1. The smallest absolute Gasteiger partial charge is 0.306 e. The Balaban J connectivity index is 1.66. The molecular weight excluding hydrogens is 410 g/mol. The molecule has 2 aliphatic heterocycles. The summed E-state index contributed by atoms with van der Waals surface area (Å²) in [6, 6.07) is 0. The van der Waals surface area contributed by atoms with Crippen LogP contribution in [0.3, 0.4) is 0 Å². The monoisotopic (exact) mass is 451 g/mol. The van der Waals surface area contributed by atoms with Crippen molar-refractivity contribution in [3.63, 3.8) is 0 Å². The summed E-state index contributed by atoms with van der Waals surface area (Å²) in [5.74, 6) is -0.630. The van der Waals surface area contributed by atoms with Gasteiger partial charge in [-0.15, -0.1) is 0 Å². The van der Waals surface area contributed by atoms with Gasteiger partial charge in [-0.25, -0.2) is 0 Å². The van der Waals surface area contributed by atoms with Gasteiger partial charge in [-0.1, -0.05) is 18.1 Å². The third-order valence-corrected chi connectivity index (χ3v) is 7.51. The van der Waals surface area contributed by atoms with Crippen molar-refractivity contribution >= 4 is 11.8 Å². The summed E-state index contributed by atoms with van der Waals surface area (Å²) < 4.78 is 24.0. The van der Waals surface area contributed by atoms with Gasteiger partial charge in [0.05, 0.1) is 25.0 Å². The minimum absolute atomic E-state index is 0.00438. The number of hydrogen-bond acceptors (Lipinski definition) is 7. The summed E-state index contributed by atoms with van der Waals surface area (Å²) >= 11 is 0. The molecule has 7 nitrogen and oxygen atoms in total. The first kappa shape index (κ1) is 25.3. The van der Waals surface area contributed by atoms with Crippen LogP contribution in [0.25, 0.3) is 0 Å². The lowest BCUT2D eigenvalue weighted by Crippen LogP contribution is -2.55. The van der Waals surface area contributed by atoms with Gasteiger partial charge in [-0.3, -0.25) is 9.59 Å². The van der Waals surface area contributed by atoms with E-state index >= 15 is 0 Å². The molecule has 1 spiro atoms. The number of esters is 1. The molecule has 3 rings (SSSR count). The van der Waals surface area contributed by atoms with E-state index in [0.717, 1.165) is 25.7 Å². The van der Waals surface area contributed by atoms with Crippen LogP contribution in [0.1, 0.15) is 72.6 Å². The van der Waals surface area contributed by atoms with Crippen molar-refractivity contribution in [2.75, 3.05) is 20.3 Å². The Hall–Kier alpha value is -1.28. The Kier molecular flexibility index (Phi) is 8.18. The van der Waals surface area contributed by atoms with Crippen LogP contribution in [0.4, 0.5) is 0 Å². The van der Waals surface area contributed by atoms with E-state index in [-0.39, 0.29) is 59.5 Å². The van der Waals surface area contributed by atoms with E-state index in [1.165, 1.54) is 5.57 Å². The first-order chi connectivity index (χ1) is 15.2. The Bertz CT molecular complexity index is 713. The van der Waals surface area contributed by atoms with Crippen molar-refractivity contribution in [3.05, 3.63) is 11.6 Å². The molecule has 2 N–H and O–H groups in total. The number of epoxide rings is 2. The summed E-state index contributed by atoms with van der Waals surface area (Å²) in [7, 11) is 1.67. The molecular formula is C25H41NO6. The average molecular weight is 452 g/mol. The summed E-state index contributed by atoms with van der Waals surface area (Å²) in [6.45, 7) is 9.13. The fourth-order valence-electron chi connectivity index (χ4n) is 5.47. The zero-order chi connectivity index (χ0) is 23.5. The lowest BCUT2D eigenvalue weighted by molar-refractivity contribution is -0.173. The van der Waals surface area contributed by atoms with Crippen LogP contribution in [0, 0.1) is 11.8 Å². The second-order valence-corrected chi connectivity index (χ2v) is 10.2. The number of ether oxygens (including phenoxy) is 4. The fraction of sp³-hybridized carbons (Fsp3) is 0.840. The molecule has 0 aromatic rings. The average Bonchev–Trinajstić information content (AvgIpc) is 3.64. The highest BCUT2D eigenvalue weighted by Gasteiger charge is 2.72. The van der Waals surface area contributed by atoms with Gasteiger partial charge in [0.1, 0.15) is 29.2 Å². The zero-order valence-electron chi connectivity index (χ0n) is 20.4. The maximum absolute atomic E-state index is 12.8. The number of carbonyl (C=O) groups is 2.